The molecule has 0 aliphatic carbocycles. The summed E-state index contributed by atoms with van der Waals surface area (Å²) in [4.78, 5) is 24.2. The predicted octanol–water partition coefficient (Wildman–Crippen LogP) is 7.09. The van der Waals surface area contributed by atoms with Crippen molar-refractivity contribution >= 4 is 33.7 Å². The van der Waals surface area contributed by atoms with Crippen molar-refractivity contribution in [2.75, 3.05) is 13.2 Å². The van der Waals surface area contributed by atoms with Gasteiger partial charge in [-0.3, -0.25) is 0 Å². The quantitative estimate of drug-likeness (QED) is 0.0901. The molecule has 1 heterocycles. The van der Waals surface area contributed by atoms with Gasteiger partial charge in [-0.15, -0.1) is 0 Å². The Morgan fingerprint density at radius 1 is 0.811 bits per heavy atom. The number of hydrogen-bond acceptors (Lipinski definition) is 5. The molecular formula is C31H33NO5. The monoisotopic (exact) mass is 499 g/mol. The molecule has 4 rings (SSSR count). The van der Waals surface area contributed by atoms with Gasteiger partial charge in [0.2, 0.25) is 0 Å². The summed E-state index contributed by atoms with van der Waals surface area (Å²) in [6, 6.07) is 21.0. The smallest absolute Gasteiger partial charge is 0.343 e. The van der Waals surface area contributed by atoms with E-state index in [0.29, 0.717) is 30.1 Å². The van der Waals surface area contributed by atoms with Gasteiger partial charge >= 0.3 is 11.9 Å². The molecule has 6 nitrogen and oxygen atoms in total. The third-order valence-electron chi connectivity index (χ3n) is 6.25. The van der Waals surface area contributed by atoms with Gasteiger partial charge < -0.3 is 18.8 Å². The summed E-state index contributed by atoms with van der Waals surface area (Å²) in [5.41, 5.74) is 3.20. The highest BCUT2D eigenvalue weighted by Gasteiger charge is 2.14. The molecule has 0 atom stereocenters. The van der Waals surface area contributed by atoms with Gasteiger partial charge in [0.15, 0.2) is 0 Å². The molecule has 0 saturated carbocycles. The maximum absolute atomic E-state index is 12.9. The van der Waals surface area contributed by atoms with Gasteiger partial charge in [-0.25, -0.2) is 9.59 Å². The molecule has 6 heteroatoms. The van der Waals surface area contributed by atoms with E-state index in [2.05, 4.69) is 30.2 Å². The summed E-state index contributed by atoms with van der Waals surface area (Å²) in [7, 11) is 0. The van der Waals surface area contributed by atoms with E-state index >= 15 is 0 Å². The maximum Gasteiger partial charge on any atom is 0.343 e. The van der Waals surface area contributed by atoms with Crippen LogP contribution in [0, 0.1) is 0 Å². The van der Waals surface area contributed by atoms with E-state index in [0.717, 1.165) is 59.8 Å². The van der Waals surface area contributed by atoms with E-state index in [-0.39, 0.29) is 5.97 Å². The Balaban J connectivity index is 1.26. The second-order valence-electron chi connectivity index (χ2n) is 9.03. The Bertz CT molecular complexity index is 1400. The van der Waals surface area contributed by atoms with Crippen LogP contribution >= 0.6 is 0 Å². The molecule has 0 amide bonds. The Morgan fingerprint density at radius 3 is 2.22 bits per heavy atom. The minimum atomic E-state index is -0.391. The van der Waals surface area contributed by atoms with Gasteiger partial charge in [-0.05, 0) is 88.1 Å². The van der Waals surface area contributed by atoms with Gasteiger partial charge in [-0.2, -0.15) is 0 Å². The lowest BCUT2D eigenvalue weighted by atomic mass is 10.1. The largest absolute Gasteiger partial charge is 0.494 e. The van der Waals surface area contributed by atoms with Crippen LogP contribution in [0.5, 0.6) is 11.5 Å². The van der Waals surface area contributed by atoms with Crippen LogP contribution < -0.4 is 9.47 Å². The zero-order valence-corrected chi connectivity index (χ0v) is 21.5. The van der Waals surface area contributed by atoms with Crippen LogP contribution in [0.4, 0.5) is 0 Å². The molecule has 0 N–H and O–H groups in total. The molecule has 4 aromatic rings. The van der Waals surface area contributed by atoms with E-state index < -0.39 is 5.97 Å². The number of para-hydroxylation sites is 1. The fraction of sp³-hybridized carbons (Fsp3) is 0.290. The Kier molecular flexibility index (Phi) is 8.62. The molecule has 0 aliphatic rings. The first kappa shape index (κ1) is 26.0. The molecule has 0 bridgehead atoms. The normalized spacial score (nSPS) is 11.0. The van der Waals surface area contributed by atoms with E-state index in [1.54, 1.807) is 31.2 Å². The molecule has 0 unspecified atom stereocenters. The first-order valence-corrected chi connectivity index (χ1v) is 12.8. The number of aryl methyl sites for hydroxylation is 1. The lowest BCUT2D eigenvalue weighted by Crippen LogP contribution is -2.08. The number of ether oxygens (including phenoxy) is 3. The number of aromatic nitrogens is 1. The van der Waals surface area contributed by atoms with Crippen molar-refractivity contribution in [1.82, 2.24) is 4.57 Å². The number of benzene rings is 3. The van der Waals surface area contributed by atoms with E-state index in [9.17, 15) is 9.59 Å². The van der Waals surface area contributed by atoms with Crippen molar-refractivity contribution in [2.45, 2.75) is 46.1 Å². The number of carbonyl (C=O) groups excluding carboxylic acids is 2. The summed E-state index contributed by atoms with van der Waals surface area (Å²) in [5.74, 6) is 0.471. The molecule has 1 aromatic heterocycles. The summed E-state index contributed by atoms with van der Waals surface area (Å²) in [5, 5.41) is 2.17. The number of hydrogen-bond donors (Lipinski definition) is 0. The molecule has 0 spiro atoms. The highest BCUT2D eigenvalue weighted by Crippen LogP contribution is 2.30. The minimum Gasteiger partial charge on any atom is -0.494 e. The van der Waals surface area contributed by atoms with Crippen molar-refractivity contribution in [1.29, 1.82) is 0 Å². The van der Waals surface area contributed by atoms with E-state index in [1.165, 1.54) is 0 Å². The highest BCUT2D eigenvalue weighted by molar-refractivity contribution is 6.10. The molecular weight excluding hydrogens is 466 g/mol. The standard InChI is InChI=1S/C31H33NO5/c1-4-32-28-12-8-7-11-26(28)27-21-23(13-18-29(27)32)31(34)37-25-16-14-24(15-17-25)35-19-9-5-6-10-20-36-30(33)22(2)3/h7-8,11-18,21H,2,4-6,9-10,19-20H2,1,3H3. The highest BCUT2D eigenvalue weighted by atomic mass is 16.5. The van der Waals surface area contributed by atoms with E-state index in [1.807, 2.05) is 30.3 Å². The second-order valence-corrected chi connectivity index (χ2v) is 9.03. The SMILES string of the molecule is C=C(C)C(=O)OCCCCCCOc1ccc(OC(=O)c2ccc3c(c2)c2ccccc2n3CC)cc1. The van der Waals surface area contributed by atoms with Crippen LogP contribution in [-0.2, 0) is 16.1 Å². The van der Waals surface area contributed by atoms with Gasteiger partial charge in [0.05, 0.1) is 18.8 Å². The zero-order valence-electron chi connectivity index (χ0n) is 21.5. The zero-order chi connectivity index (χ0) is 26.2. The van der Waals surface area contributed by atoms with Gasteiger partial charge in [-0.1, -0.05) is 24.8 Å². The Labute approximate surface area is 217 Å². The molecule has 0 aliphatic heterocycles. The van der Waals surface area contributed by atoms with Crippen LogP contribution in [0.1, 0.15) is 49.9 Å². The lowest BCUT2D eigenvalue weighted by molar-refractivity contribution is -0.139. The molecule has 0 fully saturated rings. The summed E-state index contributed by atoms with van der Waals surface area (Å²) >= 11 is 0. The van der Waals surface area contributed by atoms with Crippen molar-refractivity contribution < 1.29 is 23.8 Å². The topological polar surface area (TPSA) is 66.8 Å². The summed E-state index contributed by atoms with van der Waals surface area (Å²) < 4.78 is 18.7. The fourth-order valence-electron chi connectivity index (χ4n) is 4.33. The average Bonchev–Trinajstić information content (AvgIpc) is 3.23. The number of rotatable bonds is 12. The molecule has 37 heavy (non-hydrogen) atoms. The summed E-state index contributed by atoms with van der Waals surface area (Å²) in [6.07, 6.45) is 3.68. The Hall–Kier alpha value is -4.06. The van der Waals surface area contributed by atoms with Crippen LogP contribution in [0.25, 0.3) is 21.8 Å². The first-order chi connectivity index (χ1) is 18.0. The third kappa shape index (κ3) is 6.39. The molecule has 3 aromatic carbocycles. The Morgan fingerprint density at radius 2 is 1.49 bits per heavy atom. The van der Waals surface area contributed by atoms with Crippen LogP contribution in [0.2, 0.25) is 0 Å². The number of nitrogens with zero attached hydrogens (tertiary/aromatic N) is 1. The van der Waals surface area contributed by atoms with Gasteiger partial charge in [0.1, 0.15) is 11.5 Å². The predicted molar refractivity (Wildman–Crippen MR) is 146 cm³/mol. The number of fused-ring (bicyclic) bond motifs is 3. The molecule has 0 radical (unpaired) electrons. The maximum atomic E-state index is 12.9. The van der Waals surface area contributed by atoms with Crippen LogP contribution in [-0.4, -0.2) is 29.7 Å². The van der Waals surface area contributed by atoms with Crippen molar-refractivity contribution in [3.8, 4) is 11.5 Å². The third-order valence-corrected chi connectivity index (χ3v) is 6.25. The number of unbranched alkanes of at least 4 members (excludes halogenated alkanes) is 3. The van der Waals surface area contributed by atoms with E-state index in [4.69, 9.17) is 14.2 Å². The number of carbonyl (C=O) groups is 2. The average molecular weight is 500 g/mol. The first-order valence-electron chi connectivity index (χ1n) is 12.8. The minimum absolute atomic E-state index is 0.334. The fourth-order valence-corrected chi connectivity index (χ4v) is 4.33. The van der Waals surface area contributed by atoms with Crippen molar-refractivity contribution in [3.05, 3.63) is 84.4 Å². The number of esters is 2. The van der Waals surface area contributed by atoms with Gasteiger partial charge in [0.25, 0.3) is 0 Å². The van der Waals surface area contributed by atoms with Crippen molar-refractivity contribution in [3.63, 3.8) is 0 Å². The van der Waals surface area contributed by atoms with Crippen LogP contribution in [0.3, 0.4) is 0 Å². The lowest BCUT2D eigenvalue weighted by Gasteiger charge is -2.09. The second kappa shape index (κ2) is 12.3. The van der Waals surface area contributed by atoms with Crippen molar-refractivity contribution in [2.24, 2.45) is 0 Å². The molecule has 0 saturated heterocycles. The molecule has 192 valence electrons. The van der Waals surface area contributed by atoms with Crippen LogP contribution in [0.15, 0.2) is 78.9 Å². The van der Waals surface area contributed by atoms with Gasteiger partial charge in [0, 0.05) is 33.9 Å². The summed E-state index contributed by atoms with van der Waals surface area (Å²) in [6.45, 7) is 9.19.